The lowest BCUT2D eigenvalue weighted by molar-refractivity contribution is -0.144. The second kappa shape index (κ2) is 5.90. The average molecular weight is 420 g/mol. The van der Waals surface area contributed by atoms with Gasteiger partial charge in [-0.3, -0.25) is 14.4 Å². The number of anilines is 3. The zero-order valence-electron chi connectivity index (χ0n) is 16.3. The topological polar surface area (TPSA) is 130 Å². The standard InChI is InChI=1S/C20H22F2N4O4/c1-7-15-11(17(27)12(19(29)30)18(28)26(15)9-4-8(9)21)14(24)13(22)16(7)25-3-2-20(6-25)5-10(20)23/h8-10,12H,2-6,23-24H2,1H3,(H,29,30)/t8-,9+,10?,12?,20?/m0/s1. The highest BCUT2D eigenvalue weighted by Gasteiger charge is 2.57. The normalized spacial score (nSPS) is 34.5. The lowest BCUT2D eigenvalue weighted by atomic mass is 9.86. The van der Waals surface area contributed by atoms with E-state index in [0.29, 0.717) is 13.1 Å². The fourth-order valence-corrected chi connectivity index (χ4v) is 5.16. The summed E-state index contributed by atoms with van der Waals surface area (Å²) in [5.41, 5.74) is 11.6. The van der Waals surface area contributed by atoms with Gasteiger partial charge in [-0.25, -0.2) is 8.78 Å². The van der Waals surface area contributed by atoms with Crippen LogP contribution in [0.15, 0.2) is 0 Å². The monoisotopic (exact) mass is 420 g/mol. The van der Waals surface area contributed by atoms with Crippen LogP contribution < -0.4 is 21.3 Å². The van der Waals surface area contributed by atoms with Crippen molar-refractivity contribution in [2.75, 3.05) is 28.6 Å². The van der Waals surface area contributed by atoms with E-state index in [1.165, 1.54) is 0 Å². The van der Waals surface area contributed by atoms with Gasteiger partial charge < -0.3 is 26.4 Å². The van der Waals surface area contributed by atoms with Gasteiger partial charge in [-0.05, 0) is 19.8 Å². The number of nitrogens with two attached hydrogens (primary N) is 2. The lowest BCUT2D eigenvalue weighted by Crippen LogP contribution is -2.50. The van der Waals surface area contributed by atoms with Crippen LogP contribution in [0.4, 0.5) is 25.8 Å². The van der Waals surface area contributed by atoms with E-state index < -0.39 is 47.3 Å². The molecule has 1 aromatic rings. The van der Waals surface area contributed by atoms with Crippen LogP contribution in [0.3, 0.4) is 0 Å². The van der Waals surface area contributed by atoms with E-state index in [0.717, 1.165) is 17.7 Å². The van der Waals surface area contributed by atoms with E-state index in [1.54, 1.807) is 6.92 Å². The molecule has 30 heavy (non-hydrogen) atoms. The van der Waals surface area contributed by atoms with Crippen LogP contribution in [0.2, 0.25) is 0 Å². The smallest absolute Gasteiger partial charge is 0.324 e. The summed E-state index contributed by atoms with van der Waals surface area (Å²) in [6.07, 6.45) is 0.332. The van der Waals surface area contributed by atoms with E-state index in [-0.39, 0.29) is 40.4 Å². The number of aliphatic carboxylic acids is 1. The number of nitrogen functional groups attached to an aromatic ring is 1. The minimum atomic E-state index is -2.06. The number of carbonyl (C=O) groups excluding carboxylic acids is 2. The maximum Gasteiger partial charge on any atom is 0.324 e. The number of nitrogens with zero attached hydrogens (tertiary/aromatic N) is 2. The number of hydrogen-bond donors (Lipinski definition) is 3. The van der Waals surface area contributed by atoms with Gasteiger partial charge >= 0.3 is 5.97 Å². The fraction of sp³-hybridized carbons (Fsp3) is 0.550. The highest BCUT2D eigenvalue weighted by atomic mass is 19.1. The third kappa shape index (κ3) is 2.36. The molecule has 2 heterocycles. The van der Waals surface area contributed by atoms with Crippen LogP contribution in [0, 0.1) is 24.1 Å². The molecule has 1 aromatic carbocycles. The Bertz CT molecular complexity index is 1030. The Hall–Kier alpha value is -2.75. The number of Topliss-reactive ketones (excluding diaryl/α,β-unsaturated/α-hetero) is 1. The number of hydrogen-bond acceptors (Lipinski definition) is 6. The molecule has 2 aliphatic carbocycles. The summed E-state index contributed by atoms with van der Waals surface area (Å²) in [6.45, 7) is 2.62. The first kappa shape index (κ1) is 19.2. The second-order valence-corrected chi connectivity index (χ2v) is 8.93. The molecule has 160 valence electrons. The van der Waals surface area contributed by atoms with Crippen molar-refractivity contribution in [3.05, 3.63) is 16.9 Å². The van der Waals surface area contributed by atoms with Crippen LogP contribution in [0.5, 0.6) is 0 Å². The van der Waals surface area contributed by atoms with Crippen molar-refractivity contribution >= 4 is 34.7 Å². The van der Waals surface area contributed by atoms with Gasteiger partial charge in [0.25, 0.3) is 0 Å². The molecular formula is C20H22F2N4O4. The van der Waals surface area contributed by atoms with Crippen molar-refractivity contribution in [2.24, 2.45) is 17.1 Å². The van der Waals surface area contributed by atoms with Gasteiger partial charge in [0, 0.05) is 36.5 Å². The third-order valence-corrected chi connectivity index (χ3v) is 7.11. The number of carbonyl (C=O) groups is 3. The third-order valence-electron chi connectivity index (χ3n) is 7.11. The fourth-order valence-electron chi connectivity index (χ4n) is 5.16. The first-order valence-corrected chi connectivity index (χ1v) is 9.95. The van der Waals surface area contributed by atoms with Crippen molar-refractivity contribution in [2.45, 2.75) is 44.4 Å². The minimum absolute atomic E-state index is 0.0272. The van der Waals surface area contributed by atoms with Crippen LogP contribution in [-0.2, 0) is 9.59 Å². The number of fused-ring (bicyclic) bond motifs is 1. The first-order valence-electron chi connectivity index (χ1n) is 9.95. The summed E-state index contributed by atoms with van der Waals surface area (Å²) < 4.78 is 29.4. The van der Waals surface area contributed by atoms with Crippen molar-refractivity contribution in [1.29, 1.82) is 0 Å². The number of ketones is 1. The molecule has 2 aliphatic heterocycles. The van der Waals surface area contributed by atoms with Gasteiger partial charge in [0.15, 0.2) is 17.5 Å². The molecule has 1 amide bonds. The van der Waals surface area contributed by atoms with Crippen LogP contribution >= 0.6 is 0 Å². The number of alkyl halides is 1. The van der Waals surface area contributed by atoms with Gasteiger partial charge in [-0.2, -0.15) is 0 Å². The summed E-state index contributed by atoms with van der Waals surface area (Å²) in [4.78, 5) is 40.2. The van der Waals surface area contributed by atoms with Gasteiger partial charge in [0.1, 0.15) is 6.17 Å². The van der Waals surface area contributed by atoms with E-state index in [9.17, 15) is 23.9 Å². The molecule has 5 rings (SSSR count). The van der Waals surface area contributed by atoms with Gasteiger partial charge in [-0.1, -0.05) is 0 Å². The van der Waals surface area contributed by atoms with Crippen molar-refractivity contribution < 1.29 is 28.3 Å². The summed E-state index contributed by atoms with van der Waals surface area (Å²) in [5, 5.41) is 9.42. The Morgan fingerprint density at radius 2 is 1.93 bits per heavy atom. The quantitative estimate of drug-likeness (QED) is 0.491. The number of amides is 1. The van der Waals surface area contributed by atoms with Gasteiger partial charge in [0.05, 0.1) is 28.7 Å². The molecule has 3 fully saturated rings. The van der Waals surface area contributed by atoms with E-state index in [4.69, 9.17) is 11.5 Å². The molecule has 4 aliphatic rings. The molecule has 0 radical (unpaired) electrons. The molecule has 0 bridgehead atoms. The van der Waals surface area contributed by atoms with Gasteiger partial charge in [-0.15, -0.1) is 0 Å². The Labute approximate surface area is 170 Å². The minimum Gasteiger partial charge on any atom is -0.480 e. The lowest BCUT2D eigenvalue weighted by Gasteiger charge is -2.36. The summed E-state index contributed by atoms with van der Waals surface area (Å²) >= 11 is 0. The number of carboxylic acids is 1. The maximum absolute atomic E-state index is 15.4. The zero-order valence-corrected chi connectivity index (χ0v) is 16.3. The average Bonchev–Trinajstić information content (AvgIpc) is 3.47. The Morgan fingerprint density at radius 1 is 1.30 bits per heavy atom. The molecule has 5 N–H and O–H groups in total. The summed E-state index contributed by atoms with van der Waals surface area (Å²) in [7, 11) is 0. The number of carboxylic acid groups (broad SMARTS) is 1. The highest BCUT2D eigenvalue weighted by molar-refractivity contribution is 6.32. The summed E-state index contributed by atoms with van der Waals surface area (Å²) in [6, 6.07) is -0.833. The first-order chi connectivity index (χ1) is 14.1. The molecule has 8 nitrogen and oxygen atoms in total. The molecule has 5 atom stereocenters. The molecule has 3 unspecified atom stereocenters. The zero-order chi connectivity index (χ0) is 21.7. The van der Waals surface area contributed by atoms with Crippen molar-refractivity contribution in [1.82, 2.24) is 0 Å². The highest BCUT2D eigenvalue weighted by Crippen LogP contribution is 2.55. The van der Waals surface area contributed by atoms with E-state index >= 15 is 4.39 Å². The second-order valence-electron chi connectivity index (χ2n) is 8.93. The Kier molecular flexibility index (Phi) is 3.78. The van der Waals surface area contributed by atoms with Crippen molar-refractivity contribution in [3.8, 4) is 0 Å². The van der Waals surface area contributed by atoms with E-state index in [1.807, 2.05) is 4.90 Å². The van der Waals surface area contributed by atoms with Crippen molar-refractivity contribution in [3.63, 3.8) is 0 Å². The molecule has 1 spiro atoms. The molecule has 1 saturated heterocycles. The molecule has 2 saturated carbocycles. The Balaban J connectivity index is 1.69. The SMILES string of the molecule is Cc1c(N2CCC3(CC3N)C2)c(F)c(N)c2c1N([C@@H]1C[C@@H]1F)C(=O)C(C(=O)O)C2=O. The molecular weight excluding hydrogens is 398 g/mol. The predicted octanol–water partition coefficient (Wildman–Crippen LogP) is 0.984. The van der Waals surface area contributed by atoms with Gasteiger partial charge in [0.2, 0.25) is 5.91 Å². The summed E-state index contributed by atoms with van der Waals surface area (Å²) in [5.74, 6) is -6.62. The molecule has 10 heteroatoms. The van der Waals surface area contributed by atoms with Crippen LogP contribution in [0.1, 0.15) is 35.2 Å². The number of rotatable bonds is 3. The number of halogens is 2. The Morgan fingerprint density at radius 3 is 2.43 bits per heavy atom. The number of benzene rings is 1. The maximum atomic E-state index is 15.4. The van der Waals surface area contributed by atoms with E-state index in [2.05, 4.69) is 0 Å². The molecule has 0 aromatic heterocycles. The van der Waals surface area contributed by atoms with Crippen LogP contribution in [-0.4, -0.2) is 54.1 Å². The predicted molar refractivity (Wildman–Crippen MR) is 104 cm³/mol. The largest absolute Gasteiger partial charge is 0.480 e. The van der Waals surface area contributed by atoms with Crippen LogP contribution in [0.25, 0.3) is 0 Å².